The average Bonchev–Trinajstić information content (AvgIpc) is 2.75. The van der Waals surface area contributed by atoms with Crippen molar-refractivity contribution in [2.75, 3.05) is 31.6 Å². The van der Waals surface area contributed by atoms with Crippen LogP contribution in [0.25, 0.3) is 11.5 Å². The van der Waals surface area contributed by atoms with Gasteiger partial charge < -0.3 is 9.64 Å². The van der Waals surface area contributed by atoms with E-state index in [4.69, 9.17) is 4.74 Å². The second-order valence-electron chi connectivity index (χ2n) is 6.59. The van der Waals surface area contributed by atoms with Crippen molar-refractivity contribution in [1.82, 2.24) is 19.9 Å². The molecular weight excluding hydrogens is 354 g/mol. The number of nitrogens with zero attached hydrogens (tertiary/aromatic N) is 5. The lowest BCUT2D eigenvalue weighted by atomic mass is 10.2. The summed E-state index contributed by atoms with van der Waals surface area (Å²) in [5, 5.41) is 0. The number of pyridine rings is 1. The van der Waals surface area contributed by atoms with E-state index >= 15 is 0 Å². The van der Waals surface area contributed by atoms with Crippen LogP contribution in [-0.4, -0.2) is 52.5 Å². The van der Waals surface area contributed by atoms with Gasteiger partial charge in [-0.3, -0.25) is 14.7 Å². The number of aromatic nitrogens is 3. The quantitative estimate of drug-likeness (QED) is 0.682. The lowest BCUT2D eigenvalue weighted by Crippen LogP contribution is -2.50. The summed E-state index contributed by atoms with van der Waals surface area (Å²) in [6.45, 7) is 2.42. The van der Waals surface area contributed by atoms with E-state index in [1.54, 1.807) is 30.6 Å². The van der Waals surface area contributed by atoms with Crippen LogP contribution < -0.4 is 9.64 Å². The van der Waals surface area contributed by atoms with E-state index in [1.807, 2.05) is 42.5 Å². The molecule has 1 aliphatic rings. The van der Waals surface area contributed by atoms with E-state index in [0.717, 1.165) is 29.2 Å². The molecule has 4 rings (SSSR count). The first-order chi connectivity index (χ1) is 13.7. The van der Waals surface area contributed by atoms with Crippen LogP contribution in [0.4, 0.5) is 5.69 Å². The predicted octanol–water partition coefficient (Wildman–Crippen LogP) is 2.40. The second-order valence-corrected chi connectivity index (χ2v) is 6.59. The Morgan fingerprint density at radius 2 is 1.89 bits per heavy atom. The van der Waals surface area contributed by atoms with Crippen LogP contribution in [0, 0.1) is 0 Å². The predicted molar refractivity (Wildman–Crippen MR) is 106 cm³/mol. The van der Waals surface area contributed by atoms with Gasteiger partial charge in [-0.2, -0.15) is 0 Å². The van der Waals surface area contributed by atoms with Crippen molar-refractivity contribution in [1.29, 1.82) is 0 Å². The maximum Gasteiger partial charge on any atom is 0.241 e. The highest BCUT2D eigenvalue weighted by Gasteiger charge is 2.25. The van der Waals surface area contributed by atoms with Crippen LogP contribution in [0.15, 0.2) is 61.1 Å². The largest absolute Gasteiger partial charge is 0.497 e. The van der Waals surface area contributed by atoms with Crippen LogP contribution in [0.5, 0.6) is 5.75 Å². The van der Waals surface area contributed by atoms with E-state index < -0.39 is 0 Å². The van der Waals surface area contributed by atoms with Gasteiger partial charge in [-0.1, -0.05) is 12.1 Å². The summed E-state index contributed by atoms with van der Waals surface area (Å²) in [7, 11) is 1.63. The summed E-state index contributed by atoms with van der Waals surface area (Å²) in [6.07, 6.45) is 5.33. The fourth-order valence-electron chi connectivity index (χ4n) is 3.23. The van der Waals surface area contributed by atoms with Gasteiger partial charge in [-0.25, -0.2) is 9.97 Å². The average molecular weight is 375 g/mol. The van der Waals surface area contributed by atoms with Crippen LogP contribution >= 0.6 is 0 Å². The number of hydrogen-bond acceptors (Lipinski definition) is 6. The Kier molecular flexibility index (Phi) is 5.25. The van der Waals surface area contributed by atoms with Gasteiger partial charge in [0.15, 0.2) is 5.82 Å². The van der Waals surface area contributed by atoms with Crippen molar-refractivity contribution >= 4 is 11.6 Å². The normalized spacial score (nSPS) is 14.9. The molecular formula is C21H21N5O2. The van der Waals surface area contributed by atoms with Gasteiger partial charge in [0.05, 0.1) is 13.7 Å². The molecule has 0 spiro atoms. The number of piperazine rings is 1. The SMILES string of the molecule is COc1cccc(N2CCN(Cc3cnc(-c4ccccn4)nc3)CC2=O)c1. The molecule has 1 amide bonds. The zero-order valence-electron chi connectivity index (χ0n) is 15.7. The first-order valence-corrected chi connectivity index (χ1v) is 9.12. The molecule has 1 saturated heterocycles. The molecule has 0 saturated carbocycles. The van der Waals surface area contributed by atoms with Crippen molar-refractivity contribution in [3.8, 4) is 17.3 Å². The minimum atomic E-state index is 0.0746. The smallest absolute Gasteiger partial charge is 0.241 e. The van der Waals surface area contributed by atoms with Crippen LogP contribution in [0.1, 0.15) is 5.56 Å². The zero-order valence-corrected chi connectivity index (χ0v) is 15.7. The number of methoxy groups -OCH3 is 1. The van der Waals surface area contributed by atoms with E-state index in [1.165, 1.54) is 0 Å². The number of rotatable bonds is 5. The molecule has 1 aliphatic heterocycles. The Bertz CT molecular complexity index is 947. The maximum atomic E-state index is 12.6. The number of ether oxygens (including phenoxy) is 1. The van der Waals surface area contributed by atoms with Crippen LogP contribution in [0.2, 0.25) is 0 Å². The van der Waals surface area contributed by atoms with E-state index in [-0.39, 0.29) is 5.91 Å². The Balaban J connectivity index is 1.39. The van der Waals surface area contributed by atoms with E-state index in [0.29, 0.717) is 25.5 Å². The van der Waals surface area contributed by atoms with Crippen LogP contribution in [-0.2, 0) is 11.3 Å². The van der Waals surface area contributed by atoms with Crippen molar-refractivity contribution < 1.29 is 9.53 Å². The van der Waals surface area contributed by atoms with Gasteiger partial charge in [0.25, 0.3) is 0 Å². The third-order valence-corrected chi connectivity index (χ3v) is 4.67. The van der Waals surface area contributed by atoms with Crippen molar-refractivity contribution in [3.05, 3.63) is 66.6 Å². The molecule has 0 bridgehead atoms. The summed E-state index contributed by atoms with van der Waals surface area (Å²) < 4.78 is 5.26. The Morgan fingerprint density at radius 1 is 1.04 bits per heavy atom. The maximum absolute atomic E-state index is 12.6. The number of carbonyl (C=O) groups excluding carboxylic acids is 1. The minimum Gasteiger partial charge on any atom is -0.497 e. The minimum absolute atomic E-state index is 0.0746. The molecule has 3 aromatic rings. The molecule has 0 unspecified atom stereocenters. The summed E-state index contributed by atoms with van der Waals surface area (Å²) >= 11 is 0. The Morgan fingerprint density at radius 3 is 2.61 bits per heavy atom. The zero-order chi connectivity index (χ0) is 19.3. The molecule has 2 aromatic heterocycles. The molecule has 142 valence electrons. The molecule has 7 nitrogen and oxygen atoms in total. The van der Waals surface area contributed by atoms with Crippen molar-refractivity contribution in [3.63, 3.8) is 0 Å². The first kappa shape index (κ1) is 18.1. The third kappa shape index (κ3) is 3.99. The van der Waals surface area contributed by atoms with Gasteiger partial charge in [-0.05, 0) is 24.3 Å². The molecule has 1 aromatic carbocycles. The highest BCUT2D eigenvalue weighted by molar-refractivity contribution is 5.95. The molecule has 0 atom stereocenters. The highest BCUT2D eigenvalue weighted by Crippen LogP contribution is 2.23. The third-order valence-electron chi connectivity index (χ3n) is 4.67. The molecule has 0 aliphatic carbocycles. The highest BCUT2D eigenvalue weighted by atomic mass is 16.5. The summed E-state index contributed by atoms with van der Waals surface area (Å²) in [4.78, 5) is 29.6. The number of anilines is 1. The van der Waals surface area contributed by atoms with Crippen molar-refractivity contribution in [2.24, 2.45) is 0 Å². The van der Waals surface area contributed by atoms with Gasteiger partial charge in [0.1, 0.15) is 11.4 Å². The number of carbonyl (C=O) groups is 1. The lowest BCUT2D eigenvalue weighted by molar-refractivity contribution is -0.121. The van der Waals surface area contributed by atoms with Gasteiger partial charge in [0, 0.05) is 55.5 Å². The van der Waals surface area contributed by atoms with Gasteiger partial charge >= 0.3 is 0 Å². The molecule has 7 heteroatoms. The lowest BCUT2D eigenvalue weighted by Gasteiger charge is -2.34. The standard InChI is InChI=1S/C21H21N5O2/c1-28-18-6-4-5-17(11-18)26-10-9-25(15-20(26)27)14-16-12-23-21(24-13-16)19-7-2-3-8-22-19/h2-8,11-13H,9-10,14-15H2,1H3. The molecule has 1 fully saturated rings. The topological polar surface area (TPSA) is 71.5 Å². The first-order valence-electron chi connectivity index (χ1n) is 9.12. The Labute approximate surface area is 163 Å². The van der Waals surface area contributed by atoms with Crippen LogP contribution in [0.3, 0.4) is 0 Å². The fraction of sp³-hybridized carbons (Fsp3) is 0.238. The monoisotopic (exact) mass is 375 g/mol. The number of hydrogen-bond donors (Lipinski definition) is 0. The molecule has 3 heterocycles. The van der Waals surface area contributed by atoms with E-state index in [9.17, 15) is 4.79 Å². The fourth-order valence-corrected chi connectivity index (χ4v) is 3.23. The molecule has 0 radical (unpaired) electrons. The molecule has 28 heavy (non-hydrogen) atoms. The summed E-state index contributed by atoms with van der Waals surface area (Å²) in [5.41, 5.74) is 2.59. The van der Waals surface area contributed by atoms with Gasteiger partial charge in [0.2, 0.25) is 5.91 Å². The Hall–Kier alpha value is -3.32. The number of amides is 1. The molecule has 0 N–H and O–H groups in total. The summed E-state index contributed by atoms with van der Waals surface area (Å²) in [5.74, 6) is 1.42. The van der Waals surface area contributed by atoms with E-state index in [2.05, 4.69) is 19.9 Å². The van der Waals surface area contributed by atoms with Crippen molar-refractivity contribution in [2.45, 2.75) is 6.54 Å². The second kappa shape index (κ2) is 8.14. The van der Waals surface area contributed by atoms with Gasteiger partial charge in [-0.15, -0.1) is 0 Å². The summed E-state index contributed by atoms with van der Waals surface area (Å²) in [6, 6.07) is 13.2. The number of benzene rings is 1.